The number of nitrogens with one attached hydrogen (secondary N) is 1. The second-order valence-corrected chi connectivity index (χ2v) is 4.93. The summed E-state index contributed by atoms with van der Waals surface area (Å²) in [5, 5.41) is 7.66. The summed E-state index contributed by atoms with van der Waals surface area (Å²) in [5.74, 6) is 1.63. The van der Waals surface area contributed by atoms with Crippen LogP contribution in [0, 0.1) is 6.92 Å². The van der Waals surface area contributed by atoms with E-state index in [1.165, 1.54) is 5.56 Å². The van der Waals surface area contributed by atoms with Gasteiger partial charge in [0.2, 0.25) is 0 Å². The van der Waals surface area contributed by atoms with Crippen LogP contribution in [-0.4, -0.2) is 30.0 Å². The molecule has 0 aliphatic carbocycles. The summed E-state index contributed by atoms with van der Waals surface area (Å²) in [7, 11) is 3.91. The third-order valence-corrected chi connectivity index (χ3v) is 3.77. The van der Waals surface area contributed by atoms with Crippen LogP contribution in [0.4, 0.5) is 0 Å². The second kappa shape index (κ2) is 5.17. The van der Waals surface area contributed by atoms with Crippen molar-refractivity contribution in [3.05, 3.63) is 41.2 Å². The van der Waals surface area contributed by atoms with Crippen molar-refractivity contribution in [2.45, 2.75) is 13.0 Å². The van der Waals surface area contributed by atoms with E-state index in [9.17, 15) is 0 Å². The van der Waals surface area contributed by atoms with E-state index < -0.39 is 0 Å². The van der Waals surface area contributed by atoms with Crippen LogP contribution in [0.1, 0.15) is 22.9 Å². The minimum atomic E-state index is 0.0968. The lowest BCUT2D eigenvalue weighted by atomic mass is 9.99. The Kier molecular flexibility index (Phi) is 3.36. The molecule has 0 radical (unpaired) electrons. The highest BCUT2D eigenvalue weighted by Crippen LogP contribution is 2.34. The topological polar surface area (TPSA) is 48.3 Å². The molecule has 0 amide bonds. The first-order chi connectivity index (χ1) is 9.70. The summed E-state index contributed by atoms with van der Waals surface area (Å²) in [6, 6.07) is 6.18. The van der Waals surface area contributed by atoms with Crippen LogP contribution in [0.3, 0.4) is 0 Å². The molecule has 0 bridgehead atoms. The van der Waals surface area contributed by atoms with Crippen molar-refractivity contribution in [3.8, 4) is 11.5 Å². The van der Waals surface area contributed by atoms with Gasteiger partial charge in [-0.2, -0.15) is 5.10 Å². The summed E-state index contributed by atoms with van der Waals surface area (Å²) in [6.45, 7) is 3.29. The molecular weight excluding hydrogens is 254 g/mol. The Labute approximate surface area is 118 Å². The van der Waals surface area contributed by atoms with Crippen LogP contribution in [0.5, 0.6) is 11.5 Å². The molecule has 1 aromatic heterocycles. The highest BCUT2D eigenvalue weighted by Gasteiger charge is 2.20. The monoisotopic (exact) mass is 273 g/mol. The molecule has 3 rings (SSSR count). The first-order valence-corrected chi connectivity index (χ1v) is 6.76. The molecule has 20 heavy (non-hydrogen) atoms. The molecule has 1 N–H and O–H groups in total. The van der Waals surface area contributed by atoms with E-state index in [1.54, 1.807) is 0 Å². The van der Waals surface area contributed by atoms with Crippen molar-refractivity contribution in [2.24, 2.45) is 7.05 Å². The zero-order chi connectivity index (χ0) is 14.1. The number of nitrogens with zero attached hydrogens (tertiary/aromatic N) is 2. The van der Waals surface area contributed by atoms with Crippen molar-refractivity contribution >= 4 is 0 Å². The maximum absolute atomic E-state index is 5.66. The van der Waals surface area contributed by atoms with E-state index >= 15 is 0 Å². The van der Waals surface area contributed by atoms with Crippen molar-refractivity contribution in [2.75, 3.05) is 20.3 Å². The zero-order valence-electron chi connectivity index (χ0n) is 12.0. The van der Waals surface area contributed by atoms with E-state index in [4.69, 9.17) is 9.47 Å². The molecule has 0 fully saturated rings. The molecular formula is C15H19N3O2. The van der Waals surface area contributed by atoms with Crippen molar-refractivity contribution in [1.82, 2.24) is 15.1 Å². The molecule has 2 heterocycles. The van der Waals surface area contributed by atoms with E-state index in [0.29, 0.717) is 13.2 Å². The van der Waals surface area contributed by atoms with E-state index in [-0.39, 0.29) is 6.04 Å². The average molecular weight is 273 g/mol. The summed E-state index contributed by atoms with van der Waals surface area (Å²) < 4.78 is 13.1. The molecule has 1 aromatic carbocycles. The van der Waals surface area contributed by atoms with E-state index in [1.807, 2.05) is 37.1 Å². The quantitative estimate of drug-likeness (QED) is 0.926. The smallest absolute Gasteiger partial charge is 0.161 e. The lowest BCUT2D eigenvalue weighted by Crippen LogP contribution is -2.20. The lowest BCUT2D eigenvalue weighted by Gasteiger charge is -2.22. The fourth-order valence-electron chi connectivity index (χ4n) is 2.54. The molecule has 2 aromatic rings. The Morgan fingerprint density at radius 2 is 2.00 bits per heavy atom. The summed E-state index contributed by atoms with van der Waals surface area (Å²) in [4.78, 5) is 0. The number of fused-ring (bicyclic) bond motifs is 1. The Morgan fingerprint density at radius 1 is 1.25 bits per heavy atom. The number of hydrogen-bond donors (Lipinski definition) is 1. The number of rotatable bonds is 3. The molecule has 1 aliphatic heterocycles. The van der Waals surface area contributed by atoms with Gasteiger partial charge in [-0.3, -0.25) is 4.68 Å². The molecule has 1 unspecified atom stereocenters. The Morgan fingerprint density at radius 3 is 2.65 bits per heavy atom. The molecule has 0 spiro atoms. The van der Waals surface area contributed by atoms with E-state index in [2.05, 4.69) is 23.4 Å². The molecule has 0 saturated heterocycles. The summed E-state index contributed by atoms with van der Waals surface area (Å²) in [6.07, 6.45) is 1.91. The molecule has 5 nitrogen and oxygen atoms in total. The van der Waals surface area contributed by atoms with Gasteiger partial charge in [0.25, 0.3) is 0 Å². The van der Waals surface area contributed by atoms with Gasteiger partial charge in [-0.25, -0.2) is 0 Å². The number of ether oxygens (including phenoxy) is 2. The maximum Gasteiger partial charge on any atom is 0.161 e. The van der Waals surface area contributed by atoms with Gasteiger partial charge in [-0.1, -0.05) is 6.07 Å². The normalized spacial score (nSPS) is 15.2. The standard InChI is InChI=1S/C15H19N3O2/c1-10-12(9-17-18(10)3)15(16-2)11-4-5-13-14(8-11)20-7-6-19-13/h4-5,8-9,15-16H,6-7H2,1-3H3. The van der Waals surface area contributed by atoms with Gasteiger partial charge in [-0.05, 0) is 31.7 Å². The summed E-state index contributed by atoms with van der Waals surface area (Å²) >= 11 is 0. The predicted molar refractivity (Wildman–Crippen MR) is 76.3 cm³/mol. The largest absolute Gasteiger partial charge is 0.486 e. The Bertz CT molecular complexity index is 622. The van der Waals surface area contributed by atoms with Crippen LogP contribution < -0.4 is 14.8 Å². The van der Waals surface area contributed by atoms with Gasteiger partial charge in [0.15, 0.2) is 11.5 Å². The Balaban J connectivity index is 1.99. The van der Waals surface area contributed by atoms with Gasteiger partial charge in [0, 0.05) is 18.3 Å². The first-order valence-electron chi connectivity index (χ1n) is 6.76. The van der Waals surface area contributed by atoms with Crippen molar-refractivity contribution < 1.29 is 9.47 Å². The number of hydrogen-bond acceptors (Lipinski definition) is 4. The zero-order valence-corrected chi connectivity index (χ0v) is 12.0. The molecule has 1 atom stereocenters. The molecule has 0 saturated carbocycles. The second-order valence-electron chi connectivity index (χ2n) is 4.93. The van der Waals surface area contributed by atoms with Gasteiger partial charge < -0.3 is 14.8 Å². The fraction of sp³-hybridized carbons (Fsp3) is 0.400. The van der Waals surface area contributed by atoms with E-state index in [0.717, 1.165) is 22.8 Å². The van der Waals surface area contributed by atoms with Crippen molar-refractivity contribution in [3.63, 3.8) is 0 Å². The highest BCUT2D eigenvalue weighted by molar-refractivity contribution is 5.46. The molecule has 1 aliphatic rings. The predicted octanol–water partition coefficient (Wildman–Crippen LogP) is 1.81. The fourth-order valence-corrected chi connectivity index (χ4v) is 2.54. The minimum absolute atomic E-state index is 0.0968. The highest BCUT2D eigenvalue weighted by atomic mass is 16.6. The van der Waals surface area contributed by atoms with Crippen LogP contribution in [0.2, 0.25) is 0 Å². The molecule has 106 valence electrons. The minimum Gasteiger partial charge on any atom is -0.486 e. The Hall–Kier alpha value is -2.01. The van der Waals surface area contributed by atoms with Crippen LogP contribution >= 0.6 is 0 Å². The van der Waals surface area contributed by atoms with Gasteiger partial charge in [0.1, 0.15) is 13.2 Å². The van der Waals surface area contributed by atoms with Crippen LogP contribution in [-0.2, 0) is 7.05 Å². The number of benzene rings is 1. The van der Waals surface area contributed by atoms with Crippen LogP contribution in [0.15, 0.2) is 24.4 Å². The van der Waals surface area contributed by atoms with Gasteiger partial charge in [0.05, 0.1) is 12.2 Å². The maximum atomic E-state index is 5.66. The molecule has 5 heteroatoms. The lowest BCUT2D eigenvalue weighted by molar-refractivity contribution is 0.171. The van der Waals surface area contributed by atoms with Crippen LogP contribution in [0.25, 0.3) is 0 Å². The van der Waals surface area contributed by atoms with Gasteiger partial charge in [-0.15, -0.1) is 0 Å². The number of aromatic nitrogens is 2. The third-order valence-electron chi connectivity index (χ3n) is 3.77. The first kappa shape index (κ1) is 13.0. The van der Waals surface area contributed by atoms with Crippen molar-refractivity contribution in [1.29, 1.82) is 0 Å². The third kappa shape index (κ3) is 2.14. The summed E-state index contributed by atoms with van der Waals surface area (Å²) in [5.41, 5.74) is 3.47. The average Bonchev–Trinajstić information content (AvgIpc) is 2.80. The van der Waals surface area contributed by atoms with Gasteiger partial charge >= 0.3 is 0 Å². The SMILES string of the molecule is CNC(c1ccc2c(c1)OCCO2)c1cnn(C)c1C. The number of aryl methyl sites for hydroxylation is 1.